The summed E-state index contributed by atoms with van der Waals surface area (Å²) in [4.78, 5) is 21.7. The van der Waals surface area contributed by atoms with Crippen LogP contribution < -0.4 is 10.4 Å². The predicted octanol–water partition coefficient (Wildman–Crippen LogP) is 2.58. The molecular weight excluding hydrogens is 248 g/mol. The third kappa shape index (κ3) is 2.47. The first-order valence-corrected chi connectivity index (χ1v) is 5.97. The fourth-order valence-electron chi connectivity index (χ4n) is 2.45. The maximum Gasteiger partial charge on any atom is 0.431 e. The number of benzene rings is 1. The second kappa shape index (κ2) is 4.46. The molecule has 0 atom stereocenters. The van der Waals surface area contributed by atoms with Crippen LogP contribution in [0.1, 0.15) is 31.4 Å². The molecule has 0 fully saturated rings. The average Bonchev–Trinajstić information content (AvgIpc) is 2.62. The van der Waals surface area contributed by atoms with E-state index in [-0.39, 0.29) is 5.41 Å². The Morgan fingerprint density at radius 3 is 2.58 bits per heavy atom. The summed E-state index contributed by atoms with van der Waals surface area (Å²) in [5, 5.41) is 18.3. The van der Waals surface area contributed by atoms with E-state index in [9.17, 15) is 9.59 Å². The maximum absolute atomic E-state index is 11.1. The summed E-state index contributed by atoms with van der Waals surface area (Å²) in [6, 6.07) is 5.22. The number of nitrogens with one attached hydrogen (secondary N) is 1. The van der Waals surface area contributed by atoms with E-state index in [1.165, 1.54) is 5.56 Å². The first-order chi connectivity index (χ1) is 8.81. The van der Waals surface area contributed by atoms with Gasteiger partial charge in [-0.3, -0.25) is 0 Å². The highest BCUT2D eigenvalue weighted by Gasteiger charge is 2.31. The van der Waals surface area contributed by atoms with E-state index in [0.717, 1.165) is 18.4 Å². The SMILES string of the molecule is CC1(C)CCc2ccc(N(NC(=O)O)C(=O)O)cc21. The van der Waals surface area contributed by atoms with Gasteiger partial charge in [-0.15, -0.1) is 0 Å². The van der Waals surface area contributed by atoms with Crippen molar-refractivity contribution in [2.75, 3.05) is 5.01 Å². The molecule has 102 valence electrons. The lowest BCUT2D eigenvalue weighted by molar-refractivity contribution is 0.181. The van der Waals surface area contributed by atoms with E-state index in [1.807, 2.05) is 11.5 Å². The van der Waals surface area contributed by atoms with E-state index in [1.54, 1.807) is 12.1 Å². The number of nitrogens with zero attached hydrogens (tertiary/aromatic N) is 1. The number of carbonyl (C=O) groups is 2. The van der Waals surface area contributed by atoms with Crippen LogP contribution in [0.5, 0.6) is 0 Å². The standard InChI is InChI=1S/C13H16N2O4/c1-13(2)6-5-8-3-4-9(7-10(8)13)15(12(18)19)14-11(16)17/h3-4,7,14H,5-6H2,1-2H3,(H,16,17)(H,18,19). The van der Waals surface area contributed by atoms with Crippen molar-refractivity contribution in [1.82, 2.24) is 5.43 Å². The molecule has 0 aliphatic heterocycles. The molecule has 0 saturated carbocycles. The fraction of sp³-hybridized carbons (Fsp3) is 0.385. The summed E-state index contributed by atoms with van der Waals surface area (Å²) in [6.07, 6.45) is -0.812. The largest absolute Gasteiger partial charge is 0.464 e. The van der Waals surface area contributed by atoms with Crippen molar-refractivity contribution in [3.8, 4) is 0 Å². The second-order valence-electron chi connectivity index (χ2n) is 5.26. The van der Waals surface area contributed by atoms with Crippen LogP contribution in [0, 0.1) is 0 Å². The molecule has 3 N–H and O–H groups in total. The number of hydrogen-bond acceptors (Lipinski definition) is 2. The third-order valence-corrected chi connectivity index (χ3v) is 3.50. The van der Waals surface area contributed by atoms with Gasteiger partial charge < -0.3 is 10.2 Å². The van der Waals surface area contributed by atoms with Crippen LogP contribution in [0.3, 0.4) is 0 Å². The number of hydrazine groups is 1. The zero-order valence-electron chi connectivity index (χ0n) is 10.8. The van der Waals surface area contributed by atoms with Crippen molar-refractivity contribution < 1.29 is 19.8 Å². The van der Waals surface area contributed by atoms with Gasteiger partial charge in [0.25, 0.3) is 0 Å². The first kappa shape index (κ1) is 13.2. The molecule has 0 saturated heterocycles. The van der Waals surface area contributed by atoms with E-state index in [0.29, 0.717) is 10.7 Å². The van der Waals surface area contributed by atoms with Gasteiger partial charge in [0.1, 0.15) is 0 Å². The maximum atomic E-state index is 11.1. The molecule has 0 aromatic heterocycles. The fourth-order valence-corrected chi connectivity index (χ4v) is 2.45. The summed E-state index contributed by atoms with van der Waals surface area (Å²) in [6.45, 7) is 4.19. The van der Waals surface area contributed by atoms with Crippen molar-refractivity contribution in [1.29, 1.82) is 0 Å². The van der Waals surface area contributed by atoms with Gasteiger partial charge in [-0.1, -0.05) is 19.9 Å². The number of rotatable bonds is 1. The number of carboxylic acid groups (broad SMARTS) is 2. The number of anilines is 1. The Hall–Kier alpha value is -2.24. The number of fused-ring (bicyclic) bond motifs is 1. The van der Waals surface area contributed by atoms with Gasteiger partial charge in [-0.25, -0.2) is 15.0 Å². The molecule has 0 spiro atoms. The molecule has 6 heteroatoms. The zero-order chi connectivity index (χ0) is 14.2. The number of amides is 2. The molecule has 1 aromatic carbocycles. The Bertz CT molecular complexity index is 539. The minimum atomic E-state index is -1.41. The molecule has 0 bridgehead atoms. The monoisotopic (exact) mass is 264 g/mol. The van der Waals surface area contributed by atoms with Crippen molar-refractivity contribution >= 4 is 17.9 Å². The minimum Gasteiger partial charge on any atom is -0.464 e. The predicted molar refractivity (Wildman–Crippen MR) is 69.5 cm³/mol. The van der Waals surface area contributed by atoms with Gasteiger partial charge in [0.2, 0.25) is 0 Å². The number of hydrogen-bond donors (Lipinski definition) is 3. The Balaban J connectivity index is 2.40. The minimum absolute atomic E-state index is 0.0151. The Morgan fingerprint density at radius 2 is 2.00 bits per heavy atom. The van der Waals surface area contributed by atoms with Gasteiger partial charge in [0, 0.05) is 0 Å². The topological polar surface area (TPSA) is 89.9 Å². The van der Waals surface area contributed by atoms with Crippen LogP contribution in [0.15, 0.2) is 18.2 Å². The van der Waals surface area contributed by atoms with Gasteiger partial charge in [0.15, 0.2) is 0 Å². The molecule has 6 nitrogen and oxygen atoms in total. The smallest absolute Gasteiger partial charge is 0.431 e. The van der Waals surface area contributed by atoms with E-state index < -0.39 is 12.2 Å². The Morgan fingerprint density at radius 1 is 1.32 bits per heavy atom. The lowest BCUT2D eigenvalue weighted by Crippen LogP contribution is -2.45. The normalized spacial score (nSPS) is 15.7. The van der Waals surface area contributed by atoms with Crippen molar-refractivity contribution in [3.05, 3.63) is 29.3 Å². The zero-order valence-corrected chi connectivity index (χ0v) is 10.8. The van der Waals surface area contributed by atoms with Crippen LogP contribution in [0.2, 0.25) is 0 Å². The number of aryl methyl sites for hydroxylation is 1. The Labute approximate surface area is 110 Å². The van der Waals surface area contributed by atoms with Gasteiger partial charge in [0.05, 0.1) is 5.69 Å². The highest BCUT2D eigenvalue weighted by Crippen LogP contribution is 2.39. The molecule has 19 heavy (non-hydrogen) atoms. The van der Waals surface area contributed by atoms with Crippen LogP contribution in [0.4, 0.5) is 15.3 Å². The molecule has 0 heterocycles. The lowest BCUT2D eigenvalue weighted by Gasteiger charge is -2.23. The lowest BCUT2D eigenvalue weighted by atomic mass is 9.86. The third-order valence-electron chi connectivity index (χ3n) is 3.50. The second-order valence-corrected chi connectivity index (χ2v) is 5.26. The van der Waals surface area contributed by atoms with Crippen LogP contribution in [0.25, 0.3) is 0 Å². The van der Waals surface area contributed by atoms with Crippen LogP contribution in [-0.4, -0.2) is 22.4 Å². The van der Waals surface area contributed by atoms with Crippen LogP contribution >= 0.6 is 0 Å². The van der Waals surface area contributed by atoms with E-state index >= 15 is 0 Å². The van der Waals surface area contributed by atoms with E-state index in [4.69, 9.17) is 10.2 Å². The summed E-state index contributed by atoms with van der Waals surface area (Å²) in [7, 11) is 0. The summed E-state index contributed by atoms with van der Waals surface area (Å²) < 4.78 is 0. The molecule has 1 aromatic rings. The molecule has 2 amide bonds. The summed E-state index contributed by atoms with van der Waals surface area (Å²) in [5.74, 6) is 0. The molecular formula is C13H16N2O4. The molecule has 0 radical (unpaired) electrons. The highest BCUT2D eigenvalue weighted by atomic mass is 16.4. The average molecular weight is 264 g/mol. The Kier molecular flexibility index (Phi) is 3.09. The molecule has 1 aliphatic rings. The van der Waals surface area contributed by atoms with E-state index in [2.05, 4.69) is 13.8 Å². The van der Waals surface area contributed by atoms with Crippen molar-refractivity contribution in [2.45, 2.75) is 32.1 Å². The summed E-state index contributed by atoms with van der Waals surface area (Å²) >= 11 is 0. The first-order valence-electron chi connectivity index (χ1n) is 5.97. The van der Waals surface area contributed by atoms with Gasteiger partial charge in [-0.2, -0.15) is 5.01 Å². The van der Waals surface area contributed by atoms with Crippen LogP contribution in [-0.2, 0) is 11.8 Å². The molecule has 1 aliphatic carbocycles. The van der Waals surface area contributed by atoms with Crippen molar-refractivity contribution in [2.24, 2.45) is 0 Å². The molecule has 2 rings (SSSR count). The quantitative estimate of drug-likeness (QED) is 0.680. The van der Waals surface area contributed by atoms with Gasteiger partial charge in [-0.05, 0) is 41.5 Å². The van der Waals surface area contributed by atoms with Crippen molar-refractivity contribution in [3.63, 3.8) is 0 Å². The highest BCUT2D eigenvalue weighted by molar-refractivity contribution is 5.89. The van der Waals surface area contributed by atoms with Gasteiger partial charge >= 0.3 is 12.2 Å². The molecule has 0 unspecified atom stereocenters. The summed E-state index contributed by atoms with van der Waals surface area (Å²) in [5.41, 5.74) is 4.42.